The highest BCUT2D eigenvalue weighted by molar-refractivity contribution is 5.97. The smallest absolute Gasteiger partial charge is 0.273 e. The number of carbonyl (C=O) groups is 3. The fraction of sp³-hybridized carbons (Fsp3) is 0.481. The molecule has 4 N–H and O–H groups in total. The fourth-order valence-electron chi connectivity index (χ4n) is 4.77. The Morgan fingerprint density at radius 3 is 2.52 bits per heavy atom. The minimum Gasteiger partial charge on any atom is -0.378 e. The molecule has 1 saturated carbocycles. The largest absolute Gasteiger partial charge is 0.378 e. The van der Waals surface area contributed by atoms with Gasteiger partial charge in [-0.05, 0) is 50.6 Å². The molecule has 13 heteroatoms. The third-order valence-electron chi connectivity index (χ3n) is 7.27. The van der Waals surface area contributed by atoms with Crippen molar-refractivity contribution >= 4 is 35.2 Å². The lowest BCUT2D eigenvalue weighted by Gasteiger charge is -2.26. The topological polar surface area (TPSA) is 159 Å². The second-order valence-corrected chi connectivity index (χ2v) is 10.3. The van der Waals surface area contributed by atoms with Crippen LogP contribution >= 0.6 is 0 Å². The maximum atomic E-state index is 12.7. The van der Waals surface area contributed by atoms with Crippen molar-refractivity contribution in [1.82, 2.24) is 29.9 Å². The normalized spacial score (nSPS) is 19.3. The summed E-state index contributed by atoms with van der Waals surface area (Å²) in [4.78, 5) is 47.5. The van der Waals surface area contributed by atoms with Crippen LogP contribution in [0.4, 0.5) is 17.5 Å². The number of primary amides is 1. The van der Waals surface area contributed by atoms with Crippen molar-refractivity contribution in [3.63, 3.8) is 0 Å². The van der Waals surface area contributed by atoms with Gasteiger partial charge < -0.3 is 30.9 Å². The molecule has 1 aliphatic carbocycles. The summed E-state index contributed by atoms with van der Waals surface area (Å²) in [5.74, 6) is -0.495. The number of rotatable bonds is 10. The Labute approximate surface area is 232 Å². The number of carbonyl (C=O) groups excluding carboxylic acids is 3. The van der Waals surface area contributed by atoms with Crippen molar-refractivity contribution in [3.05, 3.63) is 47.7 Å². The van der Waals surface area contributed by atoms with Gasteiger partial charge in [-0.25, -0.2) is 0 Å². The summed E-state index contributed by atoms with van der Waals surface area (Å²) in [6.07, 6.45) is 6.75. The number of aromatic nitrogens is 3. The van der Waals surface area contributed by atoms with Gasteiger partial charge in [0.25, 0.3) is 11.8 Å². The molecule has 3 aliphatic rings. The van der Waals surface area contributed by atoms with E-state index in [1.165, 1.54) is 12.8 Å². The molecule has 1 atom stereocenters. The number of likely N-dealkylation sites (tertiary alicyclic amines) is 1. The van der Waals surface area contributed by atoms with E-state index >= 15 is 0 Å². The molecule has 2 saturated heterocycles. The zero-order chi connectivity index (χ0) is 28.1. The maximum absolute atomic E-state index is 12.7. The van der Waals surface area contributed by atoms with E-state index in [4.69, 9.17) is 10.5 Å². The van der Waals surface area contributed by atoms with Crippen molar-refractivity contribution < 1.29 is 19.1 Å². The van der Waals surface area contributed by atoms with Crippen LogP contribution in [0.15, 0.2) is 36.4 Å². The molecule has 3 amide bonds. The van der Waals surface area contributed by atoms with Gasteiger partial charge in [-0.15, -0.1) is 10.2 Å². The number of nitrogens with one attached hydrogen (secondary N) is 2. The molecule has 0 spiro atoms. The van der Waals surface area contributed by atoms with Crippen molar-refractivity contribution in [1.29, 1.82) is 0 Å². The Balaban J connectivity index is 1.19. The number of hydrogen-bond acceptors (Lipinski definition) is 10. The number of nitrogens with zero attached hydrogens (tertiary/aromatic N) is 6. The van der Waals surface area contributed by atoms with Gasteiger partial charge in [0.2, 0.25) is 11.9 Å². The van der Waals surface area contributed by atoms with E-state index in [1.54, 1.807) is 40.1 Å². The van der Waals surface area contributed by atoms with Crippen molar-refractivity contribution in [3.8, 4) is 0 Å². The van der Waals surface area contributed by atoms with E-state index in [1.807, 2.05) is 6.08 Å². The SMILES string of the molecule is CN(CC=CC(=O)N1CC[C@@H](Nc2nnc(C(N)=O)c(Nc3ccc(C(=O)N4CCOCC4)cc3)n2)C1)C1CC1. The van der Waals surface area contributed by atoms with Crippen LogP contribution in [0, 0.1) is 0 Å². The first-order valence-corrected chi connectivity index (χ1v) is 13.6. The molecule has 0 radical (unpaired) electrons. The molecule has 0 unspecified atom stereocenters. The molecular formula is C27H35N9O4. The first-order valence-electron chi connectivity index (χ1n) is 13.6. The van der Waals surface area contributed by atoms with Gasteiger partial charge in [0.15, 0.2) is 11.5 Å². The summed E-state index contributed by atoms with van der Waals surface area (Å²) in [6.45, 7) is 4.07. The Hall–Kier alpha value is -4.10. The van der Waals surface area contributed by atoms with Crippen LogP contribution in [0.1, 0.15) is 40.1 Å². The summed E-state index contributed by atoms with van der Waals surface area (Å²) in [7, 11) is 2.08. The number of nitrogens with two attached hydrogens (primary N) is 1. The minimum atomic E-state index is -0.773. The quantitative estimate of drug-likeness (QED) is 0.363. The van der Waals surface area contributed by atoms with Crippen LogP contribution in [-0.4, -0.2) is 113 Å². The standard InChI is InChI=1S/C27H35N9O4/c1-34(21-8-9-21)11-2-3-22(37)36-12-10-20(17-36)30-27-31-25(23(24(28)38)32-33-27)29-19-6-4-18(5-7-19)26(39)35-13-15-40-16-14-35/h2-7,20-21H,8-17H2,1H3,(H2,28,38)(H2,29,30,31,33)/t20-/m1/s1. The van der Waals surface area contributed by atoms with Gasteiger partial charge >= 0.3 is 0 Å². The maximum Gasteiger partial charge on any atom is 0.273 e. The molecule has 212 valence electrons. The summed E-state index contributed by atoms with van der Waals surface area (Å²) >= 11 is 0. The van der Waals surface area contributed by atoms with Crippen LogP contribution in [0.25, 0.3) is 0 Å². The fourth-order valence-corrected chi connectivity index (χ4v) is 4.77. The number of hydrogen-bond donors (Lipinski definition) is 3. The summed E-state index contributed by atoms with van der Waals surface area (Å²) in [5.41, 5.74) is 6.55. The van der Waals surface area contributed by atoms with Crippen molar-refractivity contribution in [2.45, 2.75) is 31.3 Å². The predicted molar refractivity (Wildman–Crippen MR) is 148 cm³/mol. The van der Waals surface area contributed by atoms with Crippen LogP contribution in [0.2, 0.25) is 0 Å². The number of likely N-dealkylation sites (N-methyl/N-ethyl adjacent to an activating group) is 1. The van der Waals surface area contributed by atoms with E-state index in [-0.39, 0.29) is 35.3 Å². The zero-order valence-corrected chi connectivity index (χ0v) is 22.6. The van der Waals surface area contributed by atoms with E-state index < -0.39 is 5.91 Å². The van der Waals surface area contributed by atoms with E-state index in [0.29, 0.717) is 56.7 Å². The highest BCUT2D eigenvalue weighted by atomic mass is 16.5. The Bertz CT molecular complexity index is 1260. The van der Waals surface area contributed by atoms with E-state index in [9.17, 15) is 14.4 Å². The monoisotopic (exact) mass is 549 g/mol. The van der Waals surface area contributed by atoms with Gasteiger partial charge in [-0.3, -0.25) is 19.3 Å². The lowest BCUT2D eigenvalue weighted by Crippen LogP contribution is -2.40. The molecule has 1 aromatic carbocycles. The van der Waals surface area contributed by atoms with Crippen LogP contribution in [0.5, 0.6) is 0 Å². The second-order valence-electron chi connectivity index (χ2n) is 10.3. The van der Waals surface area contributed by atoms with E-state index in [0.717, 1.165) is 13.0 Å². The minimum absolute atomic E-state index is 0.0190. The van der Waals surface area contributed by atoms with Crippen LogP contribution < -0.4 is 16.4 Å². The van der Waals surface area contributed by atoms with Gasteiger partial charge in [-0.2, -0.15) is 4.98 Å². The predicted octanol–water partition coefficient (Wildman–Crippen LogP) is 0.850. The van der Waals surface area contributed by atoms with Gasteiger partial charge in [0.05, 0.1) is 13.2 Å². The van der Waals surface area contributed by atoms with Crippen LogP contribution in [-0.2, 0) is 9.53 Å². The third-order valence-corrected chi connectivity index (χ3v) is 7.27. The summed E-state index contributed by atoms with van der Waals surface area (Å²) in [6, 6.07) is 7.46. The number of morpholine rings is 1. The van der Waals surface area contributed by atoms with Gasteiger partial charge in [0, 0.05) is 62.1 Å². The molecule has 1 aromatic heterocycles. The van der Waals surface area contributed by atoms with Gasteiger partial charge in [-0.1, -0.05) is 6.08 Å². The average molecular weight is 550 g/mol. The third kappa shape index (κ3) is 6.90. The molecule has 40 heavy (non-hydrogen) atoms. The second kappa shape index (κ2) is 12.4. The zero-order valence-electron chi connectivity index (χ0n) is 22.6. The summed E-state index contributed by atoms with van der Waals surface area (Å²) in [5, 5.41) is 14.3. The summed E-state index contributed by atoms with van der Waals surface area (Å²) < 4.78 is 5.31. The number of amides is 3. The first kappa shape index (κ1) is 27.5. The molecular weight excluding hydrogens is 514 g/mol. The molecule has 5 rings (SSSR count). The average Bonchev–Trinajstić information content (AvgIpc) is 3.72. The van der Waals surface area contributed by atoms with Crippen molar-refractivity contribution in [2.24, 2.45) is 5.73 Å². The Morgan fingerprint density at radius 1 is 1.07 bits per heavy atom. The number of anilines is 3. The first-order chi connectivity index (χ1) is 19.4. The molecule has 13 nitrogen and oxygen atoms in total. The highest BCUT2D eigenvalue weighted by Crippen LogP contribution is 2.25. The Kier molecular flexibility index (Phi) is 8.51. The Morgan fingerprint density at radius 2 is 1.82 bits per heavy atom. The number of ether oxygens (including phenoxy) is 1. The molecule has 3 fully saturated rings. The molecule has 2 aliphatic heterocycles. The van der Waals surface area contributed by atoms with Crippen LogP contribution in [0.3, 0.4) is 0 Å². The van der Waals surface area contributed by atoms with E-state index in [2.05, 4.69) is 37.8 Å². The molecule has 3 heterocycles. The lowest BCUT2D eigenvalue weighted by atomic mass is 10.1. The lowest BCUT2D eigenvalue weighted by molar-refractivity contribution is -0.125. The van der Waals surface area contributed by atoms with Crippen molar-refractivity contribution in [2.75, 3.05) is 63.6 Å². The van der Waals surface area contributed by atoms with Gasteiger partial charge in [0.1, 0.15) is 0 Å². The number of benzene rings is 1. The molecule has 0 bridgehead atoms. The highest BCUT2D eigenvalue weighted by Gasteiger charge is 2.27. The molecule has 2 aromatic rings.